The summed E-state index contributed by atoms with van der Waals surface area (Å²) in [5, 5.41) is 3.39. The Balaban J connectivity index is 2.15. The van der Waals surface area contributed by atoms with Crippen molar-refractivity contribution in [1.29, 1.82) is 0 Å². The maximum Gasteiger partial charge on any atom is 0.123 e. The lowest BCUT2D eigenvalue weighted by Gasteiger charge is -2.09. The Kier molecular flexibility index (Phi) is 7.29. The molecule has 0 aliphatic carbocycles. The summed E-state index contributed by atoms with van der Waals surface area (Å²) in [7, 11) is 0. The molecule has 0 atom stereocenters. The number of nitrogens with one attached hydrogen (secondary N) is 1. The molecule has 0 unspecified atom stereocenters. The van der Waals surface area contributed by atoms with Gasteiger partial charge in [-0.1, -0.05) is 28.9 Å². The van der Waals surface area contributed by atoms with Crippen molar-refractivity contribution in [2.24, 2.45) is 0 Å². The van der Waals surface area contributed by atoms with E-state index in [9.17, 15) is 0 Å². The summed E-state index contributed by atoms with van der Waals surface area (Å²) in [6, 6.07) is 6.14. The molecule has 1 rings (SSSR count). The van der Waals surface area contributed by atoms with Crippen LogP contribution in [0.3, 0.4) is 0 Å². The Hall–Kier alpha value is -0.540. The molecular weight excluding hydrogens is 278 g/mol. The monoisotopic (exact) mass is 299 g/mol. The normalized spacial score (nSPS) is 10.5. The predicted molar refractivity (Wildman–Crippen MR) is 76.8 cm³/mol. The topological polar surface area (TPSA) is 21.3 Å². The lowest BCUT2D eigenvalue weighted by molar-refractivity contribution is 0.304. The van der Waals surface area contributed by atoms with Gasteiger partial charge in [0.1, 0.15) is 5.75 Å². The standard InChI is InChI=1S/C14H22BrNO/c1-3-8-16-9-4-5-10-17-14-11-13(15)7-6-12(14)2/h6-7,11,16H,3-5,8-10H2,1-2H3. The molecule has 96 valence electrons. The fourth-order valence-corrected chi connectivity index (χ4v) is 1.91. The Labute approximate surface area is 113 Å². The van der Waals surface area contributed by atoms with Gasteiger partial charge in [-0.25, -0.2) is 0 Å². The minimum absolute atomic E-state index is 0.797. The van der Waals surface area contributed by atoms with E-state index in [0.29, 0.717) is 0 Å². The molecule has 1 N–H and O–H groups in total. The maximum atomic E-state index is 5.77. The van der Waals surface area contributed by atoms with Crippen LogP contribution in [0.25, 0.3) is 0 Å². The minimum Gasteiger partial charge on any atom is -0.493 e. The molecule has 0 radical (unpaired) electrons. The van der Waals surface area contributed by atoms with E-state index in [1.54, 1.807) is 0 Å². The van der Waals surface area contributed by atoms with Crippen LogP contribution in [0.5, 0.6) is 5.75 Å². The first-order valence-electron chi connectivity index (χ1n) is 6.33. The first-order chi connectivity index (χ1) is 8.24. The SMILES string of the molecule is CCCNCCCCOc1cc(Br)ccc1C. The summed E-state index contributed by atoms with van der Waals surface area (Å²) in [6.45, 7) is 7.27. The Morgan fingerprint density at radius 1 is 1.24 bits per heavy atom. The van der Waals surface area contributed by atoms with E-state index >= 15 is 0 Å². The fourth-order valence-electron chi connectivity index (χ4n) is 1.57. The molecular formula is C14H22BrNO. The molecule has 0 aliphatic heterocycles. The molecule has 0 heterocycles. The minimum atomic E-state index is 0.797. The van der Waals surface area contributed by atoms with Crippen molar-refractivity contribution < 1.29 is 4.74 Å². The Morgan fingerprint density at radius 3 is 2.82 bits per heavy atom. The second kappa shape index (κ2) is 8.54. The Morgan fingerprint density at radius 2 is 2.06 bits per heavy atom. The van der Waals surface area contributed by atoms with Gasteiger partial charge in [-0.2, -0.15) is 0 Å². The van der Waals surface area contributed by atoms with Gasteiger partial charge in [0, 0.05) is 4.47 Å². The average Bonchev–Trinajstić information content (AvgIpc) is 2.32. The Bertz CT molecular complexity index is 328. The number of unbranched alkanes of at least 4 members (excludes halogenated alkanes) is 1. The highest BCUT2D eigenvalue weighted by Crippen LogP contribution is 2.22. The molecule has 0 bridgehead atoms. The van der Waals surface area contributed by atoms with Crippen molar-refractivity contribution in [3.63, 3.8) is 0 Å². The fraction of sp³-hybridized carbons (Fsp3) is 0.571. The van der Waals surface area contributed by atoms with Crippen LogP contribution in [0, 0.1) is 6.92 Å². The quantitative estimate of drug-likeness (QED) is 0.735. The van der Waals surface area contributed by atoms with Gasteiger partial charge in [0.25, 0.3) is 0 Å². The van der Waals surface area contributed by atoms with Gasteiger partial charge in [-0.15, -0.1) is 0 Å². The van der Waals surface area contributed by atoms with Crippen molar-refractivity contribution in [1.82, 2.24) is 5.32 Å². The smallest absolute Gasteiger partial charge is 0.123 e. The van der Waals surface area contributed by atoms with Crippen LogP contribution >= 0.6 is 15.9 Å². The third-order valence-electron chi connectivity index (χ3n) is 2.58. The summed E-state index contributed by atoms with van der Waals surface area (Å²) in [5.74, 6) is 0.987. The first-order valence-corrected chi connectivity index (χ1v) is 7.13. The summed E-state index contributed by atoms with van der Waals surface area (Å²) in [4.78, 5) is 0. The van der Waals surface area contributed by atoms with Gasteiger partial charge >= 0.3 is 0 Å². The van der Waals surface area contributed by atoms with Crippen molar-refractivity contribution in [2.75, 3.05) is 19.7 Å². The molecule has 0 aliphatic rings. The molecule has 0 amide bonds. The molecule has 0 saturated heterocycles. The van der Waals surface area contributed by atoms with E-state index in [1.807, 2.05) is 12.1 Å². The summed E-state index contributed by atoms with van der Waals surface area (Å²) < 4.78 is 6.84. The molecule has 0 saturated carbocycles. The largest absolute Gasteiger partial charge is 0.493 e. The lowest BCUT2D eigenvalue weighted by Crippen LogP contribution is -2.16. The van der Waals surface area contributed by atoms with Crippen molar-refractivity contribution in [3.05, 3.63) is 28.2 Å². The first kappa shape index (κ1) is 14.5. The zero-order valence-corrected chi connectivity index (χ0v) is 12.3. The highest BCUT2D eigenvalue weighted by molar-refractivity contribution is 9.10. The number of ether oxygens (including phenoxy) is 1. The van der Waals surface area contributed by atoms with Gasteiger partial charge in [0.15, 0.2) is 0 Å². The number of hydrogen-bond acceptors (Lipinski definition) is 2. The van der Waals surface area contributed by atoms with Crippen LogP contribution in [-0.2, 0) is 0 Å². The van der Waals surface area contributed by atoms with E-state index < -0.39 is 0 Å². The molecule has 0 fully saturated rings. The van der Waals surface area contributed by atoms with E-state index in [2.05, 4.69) is 41.2 Å². The van der Waals surface area contributed by atoms with E-state index in [1.165, 1.54) is 18.4 Å². The number of benzene rings is 1. The van der Waals surface area contributed by atoms with Crippen LogP contribution in [0.4, 0.5) is 0 Å². The zero-order valence-electron chi connectivity index (χ0n) is 10.8. The van der Waals surface area contributed by atoms with Gasteiger partial charge in [0.2, 0.25) is 0 Å². The van der Waals surface area contributed by atoms with E-state index in [-0.39, 0.29) is 0 Å². The highest BCUT2D eigenvalue weighted by Gasteiger charge is 1.99. The number of halogens is 1. The van der Waals surface area contributed by atoms with Crippen molar-refractivity contribution in [3.8, 4) is 5.75 Å². The summed E-state index contributed by atoms with van der Waals surface area (Å²) in [6.07, 6.45) is 3.48. The number of aryl methyl sites for hydroxylation is 1. The number of rotatable bonds is 8. The molecule has 17 heavy (non-hydrogen) atoms. The van der Waals surface area contributed by atoms with E-state index in [4.69, 9.17) is 4.74 Å². The average molecular weight is 300 g/mol. The predicted octanol–water partition coefficient (Wildman–Crippen LogP) is 3.92. The molecule has 1 aromatic rings. The molecule has 2 nitrogen and oxygen atoms in total. The van der Waals surface area contributed by atoms with Crippen molar-refractivity contribution >= 4 is 15.9 Å². The molecule has 0 spiro atoms. The second-order valence-corrected chi connectivity index (χ2v) is 5.13. The van der Waals surface area contributed by atoms with Crippen LogP contribution < -0.4 is 10.1 Å². The third kappa shape index (κ3) is 6.08. The van der Waals surface area contributed by atoms with Gasteiger partial charge < -0.3 is 10.1 Å². The maximum absolute atomic E-state index is 5.77. The zero-order chi connectivity index (χ0) is 12.5. The summed E-state index contributed by atoms with van der Waals surface area (Å²) >= 11 is 3.46. The molecule has 3 heteroatoms. The van der Waals surface area contributed by atoms with Crippen LogP contribution in [-0.4, -0.2) is 19.7 Å². The van der Waals surface area contributed by atoms with Crippen molar-refractivity contribution in [2.45, 2.75) is 33.1 Å². The third-order valence-corrected chi connectivity index (χ3v) is 3.08. The van der Waals surface area contributed by atoms with Crippen LogP contribution in [0.15, 0.2) is 22.7 Å². The highest BCUT2D eigenvalue weighted by atomic mass is 79.9. The van der Waals surface area contributed by atoms with E-state index in [0.717, 1.165) is 36.3 Å². The molecule has 1 aromatic carbocycles. The van der Waals surface area contributed by atoms with Crippen LogP contribution in [0.1, 0.15) is 31.7 Å². The lowest BCUT2D eigenvalue weighted by atomic mass is 10.2. The number of hydrogen-bond donors (Lipinski definition) is 1. The van der Waals surface area contributed by atoms with Gasteiger partial charge in [0.05, 0.1) is 6.61 Å². The summed E-state index contributed by atoms with van der Waals surface area (Å²) in [5.41, 5.74) is 1.19. The van der Waals surface area contributed by atoms with Crippen LogP contribution in [0.2, 0.25) is 0 Å². The van der Waals surface area contributed by atoms with Gasteiger partial charge in [-0.3, -0.25) is 0 Å². The molecule has 0 aromatic heterocycles. The van der Waals surface area contributed by atoms with Gasteiger partial charge in [-0.05, 0) is 57.0 Å². The second-order valence-electron chi connectivity index (χ2n) is 4.22.